The van der Waals surface area contributed by atoms with E-state index in [4.69, 9.17) is 4.74 Å². The maximum Gasteiger partial charge on any atom is 0.255 e. The van der Waals surface area contributed by atoms with Crippen LogP contribution in [0.15, 0.2) is 24.5 Å². The van der Waals surface area contributed by atoms with Gasteiger partial charge >= 0.3 is 0 Å². The van der Waals surface area contributed by atoms with Gasteiger partial charge in [-0.25, -0.2) is 9.97 Å². The predicted octanol–water partition coefficient (Wildman–Crippen LogP) is 4.21. The normalized spacial score (nSPS) is 19.6. The van der Waals surface area contributed by atoms with Crippen LogP contribution in [0.4, 0.5) is 0 Å². The summed E-state index contributed by atoms with van der Waals surface area (Å²) in [6.07, 6.45) is 6.88. The Morgan fingerprint density at radius 2 is 1.86 bits per heavy atom. The molecular formula is C27H33N5O3. The number of aromatic amines is 1. The van der Waals surface area contributed by atoms with Gasteiger partial charge in [-0.15, -0.1) is 0 Å². The van der Waals surface area contributed by atoms with Crippen molar-refractivity contribution in [3.8, 4) is 17.0 Å². The Morgan fingerprint density at radius 3 is 2.60 bits per heavy atom. The van der Waals surface area contributed by atoms with Gasteiger partial charge in [0.15, 0.2) is 0 Å². The number of hydrogen-bond donors (Lipinski definition) is 3. The first kappa shape index (κ1) is 23.3. The highest BCUT2D eigenvalue weighted by Crippen LogP contribution is 2.37. The molecule has 3 N–H and O–H groups in total. The van der Waals surface area contributed by atoms with Gasteiger partial charge in [0.2, 0.25) is 5.91 Å². The van der Waals surface area contributed by atoms with E-state index in [1.807, 2.05) is 32.9 Å². The Morgan fingerprint density at radius 1 is 1.09 bits per heavy atom. The van der Waals surface area contributed by atoms with Crippen LogP contribution in [-0.2, 0) is 4.79 Å². The quantitative estimate of drug-likeness (QED) is 0.452. The number of amides is 2. The second-order valence-corrected chi connectivity index (χ2v) is 9.93. The maximum atomic E-state index is 13.3. The lowest BCUT2D eigenvalue weighted by atomic mass is 10.1. The third-order valence-corrected chi connectivity index (χ3v) is 7.01. The zero-order chi connectivity index (χ0) is 24.5. The molecule has 0 unspecified atom stereocenters. The topological polar surface area (TPSA) is 109 Å². The van der Waals surface area contributed by atoms with E-state index in [2.05, 4.69) is 31.7 Å². The minimum atomic E-state index is -0.152. The number of fused-ring (bicyclic) bond motifs is 1. The molecule has 0 aliphatic heterocycles. The van der Waals surface area contributed by atoms with E-state index < -0.39 is 0 Å². The second-order valence-electron chi connectivity index (χ2n) is 9.93. The first-order valence-electron chi connectivity index (χ1n) is 12.6. The Labute approximate surface area is 205 Å². The molecule has 2 aliphatic carbocycles. The fourth-order valence-electron chi connectivity index (χ4n) is 4.88. The average Bonchev–Trinajstić information content (AvgIpc) is 3.47. The number of carbonyl (C=O) groups is 2. The van der Waals surface area contributed by atoms with Crippen molar-refractivity contribution in [2.45, 2.75) is 71.4 Å². The highest BCUT2D eigenvalue weighted by Gasteiger charge is 2.29. The number of ether oxygens (including phenoxy) is 1. The van der Waals surface area contributed by atoms with Crippen LogP contribution in [0.3, 0.4) is 0 Å². The summed E-state index contributed by atoms with van der Waals surface area (Å²) in [5.41, 5.74) is 5.37. The maximum absolute atomic E-state index is 13.3. The Hall–Kier alpha value is -3.42. The molecule has 2 heterocycles. The third kappa shape index (κ3) is 5.01. The van der Waals surface area contributed by atoms with Gasteiger partial charge in [-0.1, -0.05) is 18.6 Å². The van der Waals surface area contributed by atoms with Crippen LogP contribution in [0.1, 0.15) is 67.1 Å². The van der Waals surface area contributed by atoms with Gasteiger partial charge in [0.1, 0.15) is 23.3 Å². The molecule has 184 valence electrons. The van der Waals surface area contributed by atoms with Crippen molar-refractivity contribution in [2.24, 2.45) is 5.92 Å². The Balaban J connectivity index is 1.41. The van der Waals surface area contributed by atoms with Crippen molar-refractivity contribution < 1.29 is 14.3 Å². The number of hydrogen-bond acceptors (Lipinski definition) is 5. The molecule has 2 fully saturated rings. The highest BCUT2D eigenvalue weighted by molar-refractivity contribution is 6.09. The van der Waals surface area contributed by atoms with E-state index in [9.17, 15) is 9.59 Å². The highest BCUT2D eigenvalue weighted by atomic mass is 16.5. The van der Waals surface area contributed by atoms with Gasteiger partial charge in [0.05, 0.1) is 17.7 Å². The number of H-pyrrole nitrogens is 1. The number of nitrogens with zero attached hydrogens (tertiary/aromatic N) is 2. The van der Waals surface area contributed by atoms with Gasteiger partial charge in [0, 0.05) is 29.8 Å². The van der Waals surface area contributed by atoms with Crippen LogP contribution >= 0.6 is 0 Å². The Bertz CT molecular complexity index is 1260. The van der Waals surface area contributed by atoms with Gasteiger partial charge < -0.3 is 20.4 Å². The van der Waals surface area contributed by atoms with Crippen molar-refractivity contribution in [1.82, 2.24) is 25.6 Å². The van der Waals surface area contributed by atoms with Crippen molar-refractivity contribution in [3.63, 3.8) is 0 Å². The lowest BCUT2D eigenvalue weighted by Gasteiger charge is -2.14. The first-order chi connectivity index (χ1) is 16.9. The van der Waals surface area contributed by atoms with E-state index in [0.29, 0.717) is 30.0 Å². The third-order valence-electron chi connectivity index (χ3n) is 7.01. The smallest absolute Gasteiger partial charge is 0.255 e. The van der Waals surface area contributed by atoms with E-state index in [1.54, 1.807) is 0 Å². The van der Waals surface area contributed by atoms with Gasteiger partial charge in [-0.2, -0.15) is 0 Å². The summed E-state index contributed by atoms with van der Waals surface area (Å²) >= 11 is 0. The molecule has 2 saturated carbocycles. The first-order valence-corrected chi connectivity index (χ1v) is 12.6. The monoisotopic (exact) mass is 475 g/mol. The molecule has 5 rings (SSSR count). The number of aryl methyl sites for hydroxylation is 2. The summed E-state index contributed by atoms with van der Waals surface area (Å²) in [5.74, 6) is 1.34. The number of carbonyl (C=O) groups excluding carboxylic acids is 2. The second kappa shape index (κ2) is 9.68. The fourth-order valence-corrected chi connectivity index (χ4v) is 4.88. The van der Waals surface area contributed by atoms with Crippen molar-refractivity contribution in [2.75, 3.05) is 6.61 Å². The van der Waals surface area contributed by atoms with Crippen LogP contribution in [0.25, 0.3) is 22.3 Å². The Kier molecular flexibility index (Phi) is 6.45. The van der Waals surface area contributed by atoms with Crippen LogP contribution in [0.2, 0.25) is 0 Å². The van der Waals surface area contributed by atoms with Crippen LogP contribution in [0, 0.1) is 19.8 Å². The fraction of sp³-hybridized carbons (Fsp3) is 0.481. The molecule has 0 spiro atoms. The standard InChI is InChI=1S/C27H33N5O3/c1-4-22(33)31-18-8-9-19(12-18)32-27(34)23-16(3)30-26-24(28-14-29-25(23)26)20-11-15(2)5-10-21(20)35-13-17-6-7-17/h5,10-11,14,17-19,30H,4,6-9,12-13H2,1-3H3,(H,31,33)(H,32,34)/t18-,19+/m1/s1. The van der Waals surface area contributed by atoms with E-state index in [0.717, 1.165) is 53.0 Å². The summed E-state index contributed by atoms with van der Waals surface area (Å²) in [5, 5.41) is 6.19. The minimum Gasteiger partial charge on any atom is -0.493 e. The van der Waals surface area contributed by atoms with Gasteiger partial charge in [0.25, 0.3) is 5.91 Å². The molecule has 2 amide bonds. The minimum absolute atomic E-state index is 0.0227. The van der Waals surface area contributed by atoms with Crippen molar-refractivity contribution in [3.05, 3.63) is 41.3 Å². The lowest BCUT2D eigenvalue weighted by Crippen LogP contribution is -2.37. The number of rotatable bonds is 8. The number of aromatic nitrogens is 3. The summed E-state index contributed by atoms with van der Waals surface area (Å²) in [7, 11) is 0. The average molecular weight is 476 g/mol. The molecular weight excluding hydrogens is 442 g/mol. The van der Waals surface area contributed by atoms with E-state index >= 15 is 0 Å². The van der Waals surface area contributed by atoms with Gasteiger partial charge in [-0.3, -0.25) is 9.59 Å². The summed E-state index contributed by atoms with van der Waals surface area (Å²) in [6.45, 7) is 6.49. The molecule has 0 radical (unpaired) electrons. The SMILES string of the molecule is CCC(=O)N[C@@H]1CC[C@H](NC(=O)c2c(C)[nH]c3c(-c4cc(C)ccc4OCC4CC4)ncnc23)C1. The molecule has 0 saturated heterocycles. The van der Waals surface area contributed by atoms with Crippen LogP contribution in [0.5, 0.6) is 5.75 Å². The number of benzene rings is 1. The van der Waals surface area contributed by atoms with Crippen molar-refractivity contribution >= 4 is 22.8 Å². The predicted molar refractivity (Wildman–Crippen MR) is 134 cm³/mol. The summed E-state index contributed by atoms with van der Waals surface area (Å²) in [4.78, 5) is 37.5. The molecule has 0 bridgehead atoms. The van der Waals surface area contributed by atoms with E-state index in [1.165, 1.54) is 19.2 Å². The summed E-state index contributed by atoms with van der Waals surface area (Å²) in [6, 6.07) is 6.25. The molecule has 2 aliphatic rings. The molecule has 2 atom stereocenters. The lowest BCUT2D eigenvalue weighted by molar-refractivity contribution is -0.121. The van der Waals surface area contributed by atoms with Gasteiger partial charge in [-0.05, 0) is 64.0 Å². The molecule has 8 heteroatoms. The zero-order valence-corrected chi connectivity index (χ0v) is 20.6. The zero-order valence-electron chi connectivity index (χ0n) is 20.6. The number of nitrogens with one attached hydrogen (secondary N) is 3. The molecule has 1 aromatic carbocycles. The van der Waals surface area contributed by atoms with E-state index in [-0.39, 0.29) is 23.9 Å². The molecule has 35 heavy (non-hydrogen) atoms. The van der Waals surface area contributed by atoms with Crippen molar-refractivity contribution in [1.29, 1.82) is 0 Å². The van der Waals surface area contributed by atoms with Crippen LogP contribution < -0.4 is 15.4 Å². The largest absolute Gasteiger partial charge is 0.493 e. The molecule has 3 aromatic rings. The molecule has 2 aromatic heterocycles. The summed E-state index contributed by atoms with van der Waals surface area (Å²) < 4.78 is 6.15. The molecule has 8 nitrogen and oxygen atoms in total. The van der Waals surface area contributed by atoms with Crippen LogP contribution in [-0.4, -0.2) is 45.5 Å².